The minimum absolute atomic E-state index is 0.0592. The molecule has 1 aliphatic rings. The summed E-state index contributed by atoms with van der Waals surface area (Å²) in [4.78, 5) is 0. The smallest absolute Gasteiger partial charge is 0.163 e. The van der Waals surface area contributed by atoms with Crippen molar-refractivity contribution >= 4 is 11.3 Å². The van der Waals surface area contributed by atoms with Gasteiger partial charge in [-0.3, -0.25) is 0 Å². The van der Waals surface area contributed by atoms with Crippen LogP contribution >= 0.6 is 0 Å². The van der Waals surface area contributed by atoms with E-state index in [1.54, 1.807) is 13.3 Å². The molecular weight excluding hydrogens is 240 g/mol. The molecule has 1 heterocycles. The summed E-state index contributed by atoms with van der Waals surface area (Å²) in [6, 6.07) is 5.81. The molecule has 0 radical (unpaired) electrons. The molecule has 0 unspecified atom stereocenters. The van der Waals surface area contributed by atoms with Crippen molar-refractivity contribution in [2.75, 3.05) is 12.4 Å². The Morgan fingerprint density at radius 2 is 2.05 bits per heavy atom. The SMILES string of the molecule is C=C1C(C#N)=CNc2cc(OC(C)C)c(OC)cc21. The Morgan fingerprint density at radius 3 is 2.63 bits per heavy atom. The van der Waals surface area contributed by atoms with Crippen LogP contribution in [0.15, 0.2) is 30.5 Å². The molecule has 0 aromatic heterocycles. The van der Waals surface area contributed by atoms with Gasteiger partial charge in [0.05, 0.1) is 18.8 Å². The normalized spacial score (nSPS) is 13.2. The molecule has 0 saturated carbocycles. The lowest BCUT2D eigenvalue weighted by Gasteiger charge is -2.21. The fraction of sp³-hybridized carbons (Fsp3) is 0.267. The minimum Gasteiger partial charge on any atom is -0.493 e. The van der Waals surface area contributed by atoms with E-state index in [9.17, 15) is 0 Å². The van der Waals surface area contributed by atoms with Gasteiger partial charge in [-0.2, -0.15) is 5.26 Å². The van der Waals surface area contributed by atoms with Crippen LogP contribution < -0.4 is 14.8 Å². The van der Waals surface area contributed by atoms with Crippen molar-refractivity contribution in [1.29, 1.82) is 5.26 Å². The zero-order valence-electron chi connectivity index (χ0n) is 11.3. The predicted octanol–water partition coefficient (Wildman–Crippen LogP) is 3.33. The van der Waals surface area contributed by atoms with Crippen molar-refractivity contribution in [3.63, 3.8) is 0 Å². The van der Waals surface area contributed by atoms with Crippen LogP contribution in [0.2, 0.25) is 0 Å². The van der Waals surface area contributed by atoms with Crippen molar-refractivity contribution < 1.29 is 9.47 Å². The number of methoxy groups -OCH3 is 1. The number of anilines is 1. The zero-order chi connectivity index (χ0) is 14.0. The van der Waals surface area contributed by atoms with Crippen molar-refractivity contribution in [2.45, 2.75) is 20.0 Å². The molecule has 1 aliphatic heterocycles. The summed E-state index contributed by atoms with van der Waals surface area (Å²) in [6.07, 6.45) is 1.71. The maximum atomic E-state index is 9.01. The van der Waals surface area contributed by atoms with Crippen molar-refractivity contribution in [3.05, 3.63) is 36.0 Å². The van der Waals surface area contributed by atoms with Gasteiger partial charge >= 0.3 is 0 Å². The van der Waals surface area contributed by atoms with Gasteiger partial charge in [-0.15, -0.1) is 0 Å². The number of benzene rings is 1. The lowest BCUT2D eigenvalue weighted by molar-refractivity contribution is 0.230. The highest BCUT2D eigenvalue weighted by molar-refractivity contribution is 5.91. The number of allylic oxidation sites excluding steroid dienone is 2. The fourth-order valence-electron chi connectivity index (χ4n) is 1.92. The summed E-state index contributed by atoms with van der Waals surface area (Å²) in [5.41, 5.74) is 2.92. The van der Waals surface area contributed by atoms with Crippen LogP contribution in [0.5, 0.6) is 11.5 Å². The average molecular weight is 256 g/mol. The van der Waals surface area contributed by atoms with Crippen LogP contribution in [0, 0.1) is 11.3 Å². The third-order valence-electron chi connectivity index (χ3n) is 2.81. The summed E-state index contributed by atoms with van der Waals surface area (Å²) < 4.78 is 11.0. The van der Waals surface area contributed by atoms with E-state index < -0.39 is 0 Å². The molecule has 4 heteroatoms. The lowest BCUT2D eigenvalue weighted by Crippen LogP contribution is -2.09. The van der Waals surface area contributed by atoms with Gasteiger partial charge in [0.15, 0.2) is 11.5 Å². The fourth-order valence-corrected chi connectivity index (χ4v) is 1.92. The number of fused-ring (bicyclic) bond motifs is 1. The second-order valence-corrected chi connectivity index (χ2v) is 4.51. The molecule has 0 bridgehead atoms. The third-order valence-corrected chi connectivity index (χ3v) is 2.81. The molecule has 1 aromatic carbocycles. The standard InChI is InChI=1S/C15H16N2O2/c1-9(2)19-15-6-13-12(5-14(15)18-4)10(3)11(7-16)8-17-13/h5-6,8-9,17H,3H2,1-2,4H3. The molecule has 4 nitrogen and oxygen atoms in total. The first-order chi connectivity index (χ1) is 9.06. The molecular formula is C15H16N2O2. The Labute approximate surface area is 113 Å². The van der Waals surface area contributed by atoms with E-state index in [1.807, 2.05) is 26.0 Å². The second kappa shape index (κ2) is 5.07. The van der Waals surface area contributed by atoms with Crippen LogP contribution in [-0.4, -0.2) is 13.2 Å². The van der Waals surface area contributed by atoms with Crippen LogP contribution in [0.1, 0.15) is 19.4 Å². The summed E-state index contributed by atoms with van der Waals surface area (Å²) in [6.45, 7) is 7.86. The Balaban J connectivity index is 2.48. The second-order valence-electron chi connectivity index (χ2n) is 4.51. The maximum absolute atomic E-state index is 9.01. The van der Waals surface area contributed by atoms with Gasteiger partial charge in [0.2, 0.25) is 0 Å². The summed E-state index contributed by atoms with van der Waals surface area (Å²) in [7, 11) is 1.59. The number of nitrogens with one attached hydrogen (secondary N) is 1. The zero-order valence-corrected chi connectivity index (χ0v) is 11.3. The third kappa shape index (κ3) is 2.41. The number of hydrogen-bond acceptors (Lipinski definition) is 4. The van der Waals surface area contributed by atoms with E-state index in [0.717, 1.165) is 11.3 Å². The molecule has 0 amide bonds. The molecule has 98 valence electrons. The Morgan fingerprint density at radius 1 is 1.32 bits per heavy atom. The van der Waals surface area contributed by atoms with E-state index in [4.69, 9.17) is 14.7 Å². The summed E-state index contributed by atoms with van der Waals surface area (Å²) >= 11 is 0. The van der Waals surface area contributed by atoms with Crippen molar-refractivity contribution in [2.24, 2.45) is 0 Å². The predicted molar refractivity (Wildman–Crippen MR) is 75.1 cm³/mol. The van der Waals surface area contributed by atoms with E-state index in [0.29, 0.717) is 22.6 Å². The number of nitrogens with zero attached hydrogens (tertiary/aromatic N) is 1. The van der Waals surface area contributed by atoms with Gasteiger partial charge in [0.25, 0.3) is 0 Å². The Hall–Kier alpha value is -2.41. The van der Waals surface area contributed by atoms with Gasteiger partial charge in [0.1, 0.15) is 6.07 Å². The molecule has 19 heavy (non-hydrogen) atoms. The summed E-state index contributed by atoms with van der Waals surface area (Å²) in [5, 5.41) is 12.1. The lowest BCUT2D eigenvalue weighted by atomic mass is 9.96. The van der Waals surface area contributed by atoms with E-state index >= 15 is 0 Å². The molecule has 0 aliphatic carbocycles. The van der Waals surface area contributed by atoms with Crippen molar-refractivity contribution in [1.82, 2.24) is 0 Å². The monoisotopic (exact) mass is 256 g/mol. The highest BCUT2D eigenvalue weighted by Crippen LogP contribution is 2.40. The van der Waals surface area contributed by atoms with Gasteiger partial charge in [-0.25, -0.2) is 0 Å². The van der Waals surface area contributed by atoms with Crippen LogP contribution in [0.25, 0.3) is 5.57 Å². The van der Waals surface area contributed by atoms with Gasteiger partial charge in [-0.1, -0.05) is 6.58 Å². The number of hydrogen-bond donors (Lipinski definition) is 1. The van der Waals surface area contributed by atoms with Crippen LogP contribution in [0.4, 0.5) is 5.69 Å². The topological polar surface area (TPSA) is 54.3 Å². The number of rotatable bonds is 3. The van der Waals surface area contributed by atoms with E-state index in [2.05, 4.69) is 18.0 Å². The minimum atomic E-state index is 0.0592. The van der Waals surface area contributed by atoms with Gasteiger partial charge < -0.3 is 14.8 Å². The first-order valence-corrected chi connectivity index (χ1v) is 6.02. The molecule has 1 aromatic rings. The Bertz CT molecular complexity index is 595. The molecule has 0 atom stereocenters. The first-order valence-electron chi connectivity index (χ1n) is 6.02. The van der Waals surface area contributed by atoms with E-state index in [-0.39, 0.29) is 6.10 Å². The molecule has 1 N–H and O–H groups in total. The molecule has 0 fully saturated rings. The summed E-state index contributed by atoms with van der Waals surface area (Å²) in [5.74, 6) is 1.31. The largest absolute Gasteiger partial charge is 0.493 e. The van der Waals surface area contributed by atoms with Gasteiger partial charge in [-0.05, 0) is 25.5 Å². The van der Waals surface area contributed by atoms with Crippen LogP contribution in [0.3, 0.4) is 0 Å². The van der Waals surface area contributed by atoms with Crippen molar-refractivity contribution in [3.8, 4) is 17.6 Å². The highest BCUT2D eigenvalue weighted by Gasteiger charge is 2.19. The quantitative estimate of drug-likeness (QED) is 0.901. The molecule has 0 spiro atoms. The first kappa shape index (κ1) is 13.0. The number of ether oxygens (including phenoxy) is 2. The molecule has 2 rings (SSSR count). The number of nitriles is 1. The molecule has 0 saturated heterocycles. The maximum Gasteiger partial charge on any atom is 0.163 e. The van der Waals surface area contributed by atoms with Gasteiger partial charge in [0, 0.05) is 23.5 Å². The van der Waals surface area contributed by atoms with Crippen LogP contribution in [-0.2, 0) is 0 Å². The average Bonchev–Trinajstić information content (AvgIpc) is 2.38. The Kier molecular flexibility index (Phi) is 3.48. The highest BCUT2D eigenvalue weighted by atomic mass is 16.5. The van der Waals surface area contributed by atoms with E-state index in [1.165, 1.54) is 0 Å².